The Balaban J connectivity index is 0.00000196. The van der Waals surface area contributed by atoms with Gasteiger partial charge in [-0.3, -0.25) is 4.79 Å². The Morgan fingerprint density at radius 1 is 1.73 bits per heavy atom. The molecular weight excluding hydrogens is 218 g/mol. The van der Waals surface area contributed by atoms with E-state index in [1.54, 1.807) is 0 Å². The van der Waals surface area contributed by atoms with Crippen LogP contribution in [-0.4, -0.2) is 43.8 Å². The summed E-state index contributed by atoms with van der Waals surface area (Å²) in [5.41, 5.74) is 5.54. The van der Waals surface area contributed by atoms with E-state index in [0.717, 1.165) is 6.54 Å². The maximum Gasteiger partial charge on any atom is 0.239 e. The molecule has 0 radical (unpaired) electrons. The molecular formula is C9H20ClN3O2. The lowest BCUT2D eigenvalue weighted by Gasteiger charge is -2.29. The van der Waals surface area contributed by atoms with Crippen molar-refractivity contribution in [2.45, 2.75) is 32.0 Å². The number of hydrogen-bond acceptors (Lipinski definition) is 4. The Kier molecular flexibility index (Phi) is 6.84. The summed E-state index contributed by atoms with van der Waals surface area (Å²) in [5.74, 6) is -0.0329. The van der Waals surface area contributed by atoms with Crippen LogP contribution in [0.5, 0.6) is 0 Å². The van der Waals surface area contributed by atoms with E-state index in [1.807, 2.05) is 13.8 Å². The van der Waals surface area contributed by atoms with E-state index in [1.165, 1.54) is 0 Å². The van der Waals surface area contributed by atoms with Gasteiger partial charge in [-0.2, -0.15) is 0 Å². The minimum atomic E-state index is -0.248. The van der Waals surface area contributed by atoms with Gasteiger partial charge in [-0.15, -0.1) is 12.4 Å². The number of hydrogen-bond donors (Lipinski definition) is 3. The molecule has 4 N–H and O–H groups in total. The SMILES string of the molecule is CC(N)CNC(=O)[C@H]1NCCO[C@@H]1C.Cl. The maximum absolute atomic E-state index is 11.6. The number of nitrogens with one attached hydrogen (secondary N) is 2. The molecule has 1 aliphatic rings. The lowest BCUT2D eigenvalue weighted by molar-refractivity contribution is -0.128. The van der Waals surface area contributed by atoms with E-state index in [-0.39, 0.29) is 36.5 Å². The summed E-state index contributed by atoms with van der Waals surface area (Å²) >= 11 is 0. The molecule has 0 saturated carbocycles. The Hall–Kier alpha value is -0.360. The van der Waals surface area contributed by atoms with Gasteiger partial charge in [0.05, 0.1) is 12.7 Å². The number of ether oxygens (including phenoxy) is 1. The quantitative estimate of drug-likeness (QED) is 0.604. The Labute approximate surface area is 96.5 Å². The minimum Gasteiger partial charge on any atom is -0.375 e. The molecule has 0 aromatic heterocycles. The van der Waals surface area contributed by atoms with Gasteiger partial charge in [0.25, 0.3) is 0 Å². The molecule has 1 amide bonds. The predicted octanol–water partition coefficient (Wildman–Crippen LogP) is -0.751. The number of carbonyl (C=O) groups excluding carboxylic acids is 1. The molecule has 90 valence electrons. The molecule has 6 heteroatoms. The van der Waals surface area contributed by atoms with Crippen molar-refractivity contribution in [2.75, 3.05) is 19.7 Å². The van der Waals surface area contributed by atoms with Crippen LogP contribution in [0, 0.1) is 0 Å². The third-order valence-electron chi connectivity index (χ3n) is 2.20. The minimum absolute atomic E-state index is 0. The Morgan fingerprint density at radius 2 is 2.40 bits per heavy atom. The molecule has 1 heterocycles. The van der Waals surface area contributed by atoms with Crippen LogP contribution in [0.4, 0.5) is 0 Å². The van der Waals surface area contributed by atoms with Crippen LogP contribution >= 0.6 is 12.4 Å². The highest BCUT2D eigenvalue weighted by molar-refractivity contribution is 5.85. The van der Waals surface area contributed by atoms with Crippen molar-refractivity contribution in [3.05, 3.63) is 0 Å². The molecule has 1 unspecified atom stereocenters. The highest BCUT2D eigenvalue weighted by Gasteiger charge is 2.27. The van der Waals surface area contributed by atoms with E-state index in [2.05, 4.69) is 10.6 Å². The molecule has 0 aromatic rings. The second kappa shape index (κ2) is 7.00. The monoisotopic (exact) mass is 237 g/mol. The summed E-state index contributed by atoms with van der Waals surface area (Å²) < 4.78 is 5.36. The van der Waals surface area contributed by atoms with Gasteiger partial charge in [-0.1, -0.05) is 0 Å². The number of nitrogens with two attached hydrogens (primary N) is 1. The summed E-state index contributed by atoms with van der Waals surface area (Å²) in [6, 6.07) is -0.263. The fourth-order valence-corrected chi connectivity index (χ4v) is 1.40. The summed E-state index contributed by atoms with van der Waals surface area (Å²) in [4.78, 5) is 11.6. The number of carbonyl (C=O) groups is 1. The van der Waals surface area contributed by atoms with Crippen LogP contribution in [0.3, 0.4) is 0 Å². The first-order valence-corrected chi connectivity index (χ1v) is 4.99. The van der Waals surface area contributed by atoms with Crippen LogP contribution in [0.1, 0.15) is 13.8 Å². The second-order valence-electron chi connectivity index (χ2n) is 3.73. The first-order valence-electron chi connectivity index (χ1n) is 4.99. The molecule has 1 saturated heterocycles. The van der Waals surface area contributed by atoms with Crippen molar-refractivity contribution in [1.82, 2.24) is 10.6 Å². The van der Waals surface area contributed by atoms with Crippen molar-refractivity contribution in [3.63, 3.8) is 0 Å². The molecule has 1 rings (SSSR count). The van der Waals surface area contributed by atoms with Crippen molar-refractivity contribution in [1.29, 1.82) is 0 Å². The molecule has 0 bridgehead atoms. The molecule has 15 heavy (non-hydrogen) atoms. The van der Waals surface area contributed by atoms with Gasteiger partial charge < -0.3 is 21.1 Å². The zero-order valence-electron chi connectivity index (χ0n) is 9.16. The zero-order valence-corrected chi connectivity index (χ0v) is 9.97. The van der Waals surface area contributed by atoms with E-state index in [9.17, 15) is 4.79 Å². The summed E-state index contributed by atoms with van der Waals surface area (Å²) in [6.07, 6.45) is -0.0724. The second-order valence-corrected chi connectivity index (χ2v) is 3.73. The van der Waals surface area contributed by atoms with Crippen LogP contribution < -0.4 is 16.4 Å². The van der Waals surface area contributed by atoms with E-state index >= 15 is 0 Å². The van der Waals surface area contributed by atoms with Gasteiger partial charge in [0.2, 0.25) is 5.91 Å². The van der Waals surface area contributed by atoms with Crippen LogP contribution in [-0.2, 0) is 9.53 Å². The van der Waals surface area contributed by atoms with E-state index in [0.29, 0.717) is 13.2 Å². The van der Waals surface area contributed by atoms with E-state index in [4.69, 9.17) is 10.5 Å². The molecule has 0 spiro atoms. The zero-order chi connectivity index (χ0) is 10.6. The predicted molar refractivity (Wildman–Crippen MR) is 61.1 cm³/mol. The van der Waals surface area contributed by atoms with E-state index < -0.39 is 0 Å². The third-order valence-corrected chi connectivity index (χ3v) is 2.20. The average Bonchev–Trinajstić information content (AvgIpc) is 2.15. The summed E-state index contributed by atoms with van der Waals surface area (Å²) in [6.45, 7) is 5.64. The first kappa shape index (κ1) is 14.6. The van der Waals surface area contributed by atoms with Gasteiger partial charge in [0, 0.05) is 19.1 Å². The third kappa shape index (κ3) is 4.79. The summed E-state index contributed by atoms with van der Waals surface area (Å²) in [7, 11) is 0. The molecule has 1 fully saturated rings. The smallest absolute Gasteiger partial charge is 0.239 e. The van der Waals surface area contributed by atoms with Crippen LogP contribution in [0.15, 0.2) is 0 Å². The molecule has 1 aliphatic heterocycles. The topological polar surface area (TPSA) is 76.4 Å². The number of morpholine rings is 1. The van der Waals surface area contributed by atoms with Gasteiger partial charge in [-0.05, 0) is 13.8 Å². The lowest BCUT2D eigenvalue weighted by atomic mass is 10.1. The van der Waals surface area contributed by atoms with Crippen LogP contribution in [0.2, 0.25) is 0 Å². The van der Waals surface area contributed by atoms with Crippen molar-refractivity contribution in [2.24, 2.45) is 5.73 Å². The number of amides is 1. The molecule has 5 nitrogen and oxygen atoms in total. The molecule has 0 aromatic carbocycles. The standard InChI is InChI=1S/C9H19N3O2.ClH/c1-6(10)5-12-9(13)8-7(2)14-4-3-11-8;/h6-8,11H,3-5,10H2,1-2H3,(H,12,13);1H/t6?,7-,8+;/m1./s1. The Morgan fingerprint density at radius 3 is 2.93 bits per heavy atom. The average molecular weight is 238 g/mol. The van der Waals surface area contributed by atoms with Crippen molar-refractivity contribution < 1.29 is 9.53 Å². The Bertz CT molecular complexity index is 202. The van der Waals surface area contributed by atoms with Crippen molar-refractivity contribution in [3.8, 4) is 0 Å². The highest BCUT2D eigenvalue weighted by Crippen LogP contribution is 2.03. The summed E-state index contributed by atoms with van der Waals surface area (Å²) in [5, 5.41) is 5.89. The fourth-order valence-electron chi connectivity index (χ4n) is 1.40. The lowest BCUT2D eigenvalue weighted by Crippen LogP contribution is -2.56. The number of rotatable bonds is 3. The normalized spacial score (nSPS) is 27.7. The molecule has 0 aliphatic carbocycles. The van der Waals surface area contributed by atoms with Gasteiger partial charge >= 0.3 is 0 Å². The van der Waals surface area contributed by atoms with Gasteiger partial charge in [0.1, 0.15) is 6.04 Å². The fraction of sp³-hybridized carbons (Fsp3) is 0.889. The van der Waals surface area contributed by atoms with Crippen molar-refractivity contribution >= 4 is 18.3 Å². The first-order chi connectivity index (χ1) is 6.61. The highest BCUT2D eigenvalue weighted by atomic mass is 35.5. The largest absolute Gasteiger partial charge is 0.375 e. The van der Waals surface area contributed by atoms with Gasteiger partial charge in [0.15, 0.2) is 0 Å². The molecule has 3 atom stereocenters. The van der Waals surface area contributed by atoms with Crippen LogP contribution in [0.25, 0.3) is 0 Å². The number of halogens is 1. The maximum atomic E-state index is 11.6. The van der Waals surface area contributed by atoms with Gasteiger partial charge in [-0.25, -0.2) is 0 Å².